The third-order valence-electron chi connectivity index (χ3n) is 2.44. The van der Waals surface area contributed by atoms with Crippen LogP contribution >= 0.6 is 0 Å². The number of anilines is 2. The van der Waals surface area contributed by atoms with Crippen molar-refractivity contribution in [1.82, 2.24) is 0 Å². The highest BCUT2D eigenvalue weighted by Crippen LogP contribution is 2.23. The molecule has 0 radical (unpaired) electrons. The predicted octanol–water partition coefficient (Wildman–Crippen LogP) is -0.727. The number of benzene rings is 1. The van der Waals surface area contributed by atoms with Gasteiger partial charge in [-0.1, -0.05) is 6.07 Å². The van der Waals surface area contributed by atoms with Crippen molar-refractivity contribution in [2.45, 2.75) is 6.92 Å². The molecule has 2 aromatic rings. The van der Waals surface area contributed by atoms with Crippen LogP contribution in [0.2, 0.25) is 0 Å². The van der Waals surface area contributed by atoms with Gasteiger partial charge in [0.15, 0.2) is 12.4 Å². The van der Waals surface area contributed by atoms with Crippen LogP contribution < -0.4 is 26.9 Å². The van der Waals surface area contributed by atoms with Gasteiger partial charge in [0.25, 0.3) is 0 Å². The third-order valence-corrected chi connectivity index (χ3v) is 2.44. The zero-order valence-electron chi connectivity index (χ0n) is 9.81. The fourth-order valence-corrected chi connectivity index (χ4v) is 1.52. The molecule has 0 atom stereocenters. The minimum atomic E-state index is 0. The molecule has 0 saturated heterocycles. The Hall–Kier alpha value is -1.55. The Bertz CT molecular complexity index is 515. The minimum Gasteiger partial charge on any atom is -1.00 e. The predicted molar refractivity (Wildman–Crippen MR) is 63.7 cm³/mol. The molecule has 4 heteroatoms. The number of halogens is 1. The highest BCUT2D eigenvalue weighted by atomic mass is 79.9. The van der Waals surface area contributed by atoms with Crippen molar-refractivity contribution in [3.05, 3.63) is 48.3 Å². The van der Waals surface area contributed by atoms with Gasteiger partial charge in [0.1, 0.15) is 18.5 Å². The molecule has 3 nitrogen and oxygen atoms in total. The van der Waals surface area contributed by atoms with Gasteiger partial charge in [-0.25, -0.2) is 4.57 Å². The fraction of sp³-hybridized carbons (Fsp3) is 0.154. The Morgan fingerprint density at radius 1 is 1.18 bits per heavy atom. The molecular weight excluding hydrogens is 280 g/mol. The van der Waals surface area contributed by atoms with Crippen molar-refractivity contribution in [3.8, 4) is 5.75 Å². The first-order chi connectivity index (χ1) is 7.65. The number of nitrogens with zero attached hydrogens (tertiary/aromatic N) is 1. The van der Waals surface area contributed by atoms with E-state index in [0.717, 1.165) is 16.9 Å². The molecule has 0 unspecified atom stereocenters. The van der Waals surface area contributed by atoms with Gasteiger partial charge in [-0.05, 0) is 24.6 Å². The standard InChI is InChI=1S/C13H14N2O.BrH/c1-10-5-6-11(8-13(10)16)14-12-4-3-7-15(2)9-12;/h3-9,14H,1-2H3;1H. The van der Waals surface area contributed by atoms with E-state index in [2.05, 4.69) is 5.32 Å². The molecule has 0 spiro atoms. The van der Waals surface area contributed by atoms with E-state index in [1.165, 1.54) is 0 Å². The summed E-state index contributed by atoms with van der Waals surface area (Å²) in [4.78, 5) is 0. The Morgan fingerprint density at radius 2 is 1.94 bits per heavy atom. The van der Waals surface area contributed by atoms with Gasteiger partial charge in [0.05, 0.1) is 0 Å². The first-order valence-electron chi connectivity index (χ1n) is 5.17. The van der Waals surface area contributed by atoms with Crippen molar-refractivity contribution in [1.29, 1.82) is 0 Å². The number of aryl methyl sites for hydroxylation is 2. The summed E-state index contributed by atoms with van der Waals surface area (Å²) in [5, 5.41) is 12.8. The number of rotatable bonds is 2. The largest absolute Gasteiger partial charge is 1.00 e. The molecule has 0 aliphatic heterocycles. The van der Waals surface area contributed by atoms with Gasteiger partial charge in [-0.2, -0.15) is 0 Å². The molecule has 1 aromatic heterocycles. The molecule has 0 aliphatic carbocycles. The highest BCUT2D eigenvalue weighted by Gasteiger charge is 2.01. The summed E-state index contributed by atoms with van der Waals surface area (Å²) in [6, 6.07) is 9.51. The molecule has 90 valence electrons. The van der Waals surface area contributed by atoms with Gasteiger partial charge in [0.2, 0.25) is 0 Å². The molecule has 17 heavy (non-hydrogen) atoms. The number of phenols is 1. The molecule has 0 fully saturated rings. The van der Waals surface area contributed by atoms with Gasteiger partial charge < -0.3 is 27.4 Å². The van der Waals surface area contributed by atoms with E-state index >= 15 is 0 Å². The van der Waals surface area contributed by atoms with Gasteiger partial charge in [-0.15, -0.1) is 0 Å². The van der Waals surface area contributed by atoms with Crippen LogP contribution in [0.25, 0.3) is 0 Å². The van der Waals surface area contributed by atoms with Crippen LogP contribution in [0, 0.1) is 6.92 Å². The van der Waals surface area contributed by atoms with Gasteiger partial charge in [-0.3, -0.25) is 0 Å². The van der Waals surface area contributed by atoms with E-state index in [9.17, 15) is 5.11 Å². The van der Waals surface area contributed by atoms with E-state index in [0.29, 0.717) is 5.75 Å². The lowest BCUT2D eigenvalue weighted by Gasteiger charge is -2.06. The number of aromatic hydroxyl groups is 1. The van der Waals surface area contributed by atoms with Crippen molar-refractivity contribution >= 4 is 11.4 Å². The molecule has 0 aliphatic rings. The summed E-state index contributed by atoms with van der Waals surface area (Å²) < 4.78 is 1.97. The molecule has 0 amide bonds. The second-order valence-electron chi connectivity index (χ2n) is 3.88. The smallest absolute Gasteiger partial charge is 0.192 e. The van der Waals surface area contributed by atoms with Crippen LogP contribution in [-0.4, -0.2) is 5.11 Å². The lowest BCUT2D eigenvalue weighted by atomic mass is 10.2. The molecule has 1 heterocycles. The Kier molecular flexibility index (Phi) is 4.52. The number of phenolic OH excluding ortho intramolecular Hbond substituents is 1. The first kappa shape index (κ1) is 13.5. The monoisotopic (exact) mass is 294 g/mol. The zero-order chi connectivity index (χ0) is 11.5. The number of pyridine rings is 1. The van der Waals surface area contributed by atoms with Crippen LogP contribution in [-0.2, 0) is 7.05 Å². The van der Waals surface area contributed by atoms with Crippen molar-refractivity contribution in [2.75, 3.05) is 5.32 Å². The fourth-order valence-electron chi connectivity index (χ4n) is 1.52. The number of nitrogens with one attached hydrogen (secondary N) is 1. The number of aromatic nitrogens is 1. The Labute approximate surface area is 112 Å². The summed E-state index contributed by atoms with van der Waals surface area (Å²) in [6.07, 6.45) is 3.95. The topological polar surface area (TPSA) is 36.1 Å². The maximum absolute atomic E-state index is 9.59. The summed E-state index contributed by atoms with van der Waals surface area (Å²) in [5.41, 5.74) is 2.76. The van der Waals surface area contributed by atoms with Crippen molar-refractivity contribution in [2.24, 2.45) is 7.05 Å². The van der Waals surface area contributed by atoms with Crippen LogP contribution in [0.3, 0.4) is 0 Å². The summed E-state index contributed by atoms with van der Waals surface area (Å²) in [7, 11) is 1.97. The van der Waals surface area contributed by atoms with E-state index in [1.807, 2.05) is 55.2 Å². The summed E-state index contributed by atoms with van der Waals surface area (Å²) in [5.74, 6) is 0.310. The number of hydrogen-bond acceptors (Lipinski definition) is 2. The van der Waals surface area contributed by atoms with Crippen molar-refractivity contribution in [3.63, 3.8) is 0 Å². The first-order valence-corrected chi connectivity index (χ1v) is 5.17. The third kappa shape index (κ3) is 3.46. The lowest BCUT2D eigenvalue weighted by molar-refractivity contribution is -0.670. The zero-order valence-corrected chi connectivity index (χ0v) is 11.4. The van der Waals surface area contributed by atoms with Crippen LogP contribution in [0.5, 0.6) is 5.75 Å². The van der Waals surface area contributed by atoms with Gasteiger partial charge >= 0.3 is 0 Å². The van der Waals surface area contributed by atoms with E-state index in [4.69, 9.17) is 0 Å². The van der Waals surface area contributed by atoms with Crippen molar-refractivity contribution < 1.29 is 26.7 Å². The molecular formula is C13H15BrN2O. The molecule has 0 saturated carbocycles. The average molecular weight is 295 g/mol. The quantitative estimate of drug-likeness (QED) is 0.717. The maximum Gasteiger partial charge on any atom is 0.192 e. The van der Waals surface area contributed by atoms with E-state index < -0.39 is 0 Å². The molecule has 2 N–H and O–H groups in total. The normalized spacial score (nSPS) is 9.53. The lowest BCUT2D eigenvalue weighted by Crippen LogP contribution is -3.00. The maximum atomic E-state index is 9.59. The SMILES string of the molecule is Cc1ccc(Nc2ccc[n+](C)c2)cc1O.[Br-]. The second kappa shape index (κ2) is 5.68. The summed E-state index contributed by atoms with van der Waals surface area (Å²) >= 11 is 0. The highest BCUT2D eigenvalue weighted by molar-refractivity contribution is 5.60. The Balaban J connectivity index is 0.00000144. The summed E-state index contributed by atoms with van der Waals surface area (Å²) in [6.45, 7) is 1.88. The molecule has 0 bridgehead atoms. The molecule has 1 aromatic carbocycles. The van der Waals surface area contributed by atoms with Crippen LogP contribution in [0.1, 0.15) is 5.56 Å². The second-order valence-corrected chi connectivity index (χ2v) is 3.88. The van der Waals surface area contributed by atoms with E-state index in [1.54, 1.807) is 6.07 Å². The average Bonchev–Trinajstić information content (AvgIpc) is 2.24. The van der Waals surface area contributed by atoms with Crippen LogP contribution in [0.4, 0.5) is 11.4 Å². The van der Waals surface area contributed by atoms with Gasteiger partial charge in [0, 0.05) is 17.8 Å². The molecule has 2 rings (SSSR count). The van der Waals surface area contributed by atoms with Crippen LogP contribution in [0.15, 0.2) is 42.7 Å². The Morgan fingerprint density at radius 3 is 2.59 bits per heavy atom. The minimum absolute atomic E-state index is 0. The van der Waals surface area contributed by atoms with E-state index in [-0.39, 0.29) is 17.0 Å². The number of hydrogen-bond donors (Lipinski definition) is 2.